The monoisotopic (exact) mass is 834 g/mol. The number of hydrogen-bond acceptors (Lipinski definition) is 3. The minimum atomic E-state index is -0.148. The molecule has 9 aromatic carbocycles. The Labute approximate surface area is 377 Å². The van der Waals surface area contributed by atoms with E-state index in [1.807, 2.05) is 17.4 Å². The van der Waals surface area contributed by atoms with E-state index < -0.39 is 0 Å². The third kappa shape index (κ3) is 6.56. The highest BCUT2D eigenvalue weighted by Crippen LogP contribution is 2.51. The van der Waals surface area contributed by atoms with Gasteiger partial charge in [-0.25, -0.2) is 9.97 Å². The summed E-state index contributed by atoms with van der Waals surface area (Å²) in [4.78, 5) is 10.6. The van der Waals surface area contributed by atoms with Crippen LogP contribution in [0.15, 0.2) is 218 Å². The summed E-state index contributed by atoms with van der Waals surface area (Å²) in [6.45, 7) is 4.72. The Morgan fingerprint density at radius 1 is 0.328 bits per heavy atom. The third-order valence-electron chi connectivity index (χ3n) is 13.1. The molecule has 64 heavy (non-hydrogen) atoms. The van der Waals surface area contributed by atoms with Crippen LogP contribution in [0.4, 0.5) is 0 Å². The molecule has 0 bridgehead atoms. The Bertz CT molecular complexity index is 3570. The average molecular weight is 835 g/mol. The minimum absolute atomic E-state index is 0.148. The molecule has 1 aliphatic rings. The fraction of sp³-hybridized carbons (Fsp3) is 0.0492. The van der Waals surface area contributed by atoms with E-state index in [4.69, 9.17) is 9.97 Å². The fourth-order valence-corrected chi connectivity index (χ4v) is 11.0. The molecule has 0 saturated heterocycles. The van der Waals surface area contributed by atoms with Crippen LogP contribution in [0.3, 0.4) is 0 Å². The molecule has 2 aromatic heterocycles. The zero-order valence-electron chi connectivity index (χ0n) is 35.6. The number of aromatic nitrogens is 2. The molecule has 0 spiro atoms. The van der Waals surface area contributed by atoms with Gasteiger partial charge in [0, 0.05) is 42.3 Å². The molecular weight excluding hydrogens is 793 g/mol. The number of benzene rings is 9. The number of nitrogens with zero attached hydrogens (tertiary/aromatic N) is 2. The lowest BCUT2D eigenvalue weighted by Gasteiger charge is -2.22. The van der Waals surface area contributed by atoms with Crippen LogP contribution in [0.1, 0.15) is 25.0 Å². The highest BCUT2D eigenvalue weighted by atomic mass is 32.1. The second kappa shape index (κ2) is 15.3. The molecule has 0 amide bonds. The molecule has 2 nitrogen and oxygen atoms in total. The summed E-state index contributed by atoms with van der Waals surface area (Å²) in [5.41, 5.74) is 19.6. The van der Waals surface area contributed by atoms with Crippen molar-refractivity contribution in [3.05, 3.63) is 230 Å². The summed E-state index contributed by atoms with van der Waals surface area (Å²) < 4.78 is 2.59. The number of rotatable bonds is 7. The maximum atomic E-state index is 5.34. The predicted octanol–water partition coefficient (Wildman–Crippen LogP) is 16.8. The molecule has 3 heteroatoms. The minimum Gasteiger partial charge on any atom is -0.228 e. The second-order valence-corrected chi connectivity index (χ2v) is 18.4. The van der Waals surface area contributed by atoms with Gasteiger partial charge in [0.2, 0.25) is 0 Å². The number of thiophene rings is 1. The predicted molar refractivity (Wildman–Crippen MR) is 271 cm³/mol. The normalized spacial score (nSPS) is 12.7. The maximum Gasteiger partial charge on any atom is 0.160 e. The van der Waals surface area contributed by atoms with Crippen LogP contribution in [0.5, 0.6) is 0 Å². The Hall–Kier alpha value is -7.72. The Morgan fingerprint density at radius 2 is 0.812 bits per heavy atom. The van der Waals surface area contributed by atoms with E-state index in [1.165, 1.54) is 64.7 Å². The first-order valence-corrected chi connectivity index (χ1v) is 22.8. The van der Waals surface area contributed by atoms with Crippen molar-refractivity contribution < 1.29 is 0 Å². The maximum absolute atomic E-state index is 5.34. The van der Waals surface area contributed by atoms with Crippen LogP contribution in [0, 0.1) is 0 Å². The van der Waals surface area contributed by atoms with Crippen molar-refractivity contribution in [2.45, 2.75) is 19.3 Å². The van der Waals surface area contributed by atoms with Crippen LogP contribution in [0.2, 0.25) is 0 Å². The second-order valence-electron chi connectivity index (χ2n) is 17.4. The van der Waals surface area contributed by atoms with E-state index in [9.17, 15) is 0 Å². The van der Waals surface area contributed by atoms with Crippen LogP contribution in [-0.2, 0) is 5.41 Å². The highest BCUT2D eigenvalue weighted by molar-refractivity contribution is 7.26. The first-order chi connectivity index (χ1) is 31.4. The number of hydrogen-bond donors (Lipinski definition) is 0. The van der Waals surface area contributed by atoms with Crippen molar-refractivity contribution in [1.82, 2.24) is 9.97 Å². The van der Waals surface area contributed by atoms with Gasteiger partial charge in [0.05, 0.1) is 11.4 Å². The Kier molecular flexibility index (Phi) is 9.06. The quantitative estimate of drug-likeness (QED) is 0.160. The Balaban J connectivity index is 0.982. The highest BCUT2D eigenvalue weighted by Gasteiger charge is 2.36. The summed E-state index contributed by atoms with van der Waals surface area (Å²) in [7, 11) is 0. The lowest BCUT2D eigenvalue weighted by atomic mass is 9.81. The van der Waals surface area contributed by atoms with Crippen LogP contribution >= 0.6 is 11.3 Å². The molecule has 2 heterocycles. The van der Waals surface area contributed by atoms with Crippen LogP contribution < -0.4 is 0 Å². The van der Waals surface area contributed by atoms with Crippen LogP contribution in [0.25, 0.3) is 110 Å². The number of fused-ring (bicyclic) bond motifs is 6. The van der Waals surface area contributed by atoms with Gasteiger partial charge in [0.1, 0.15) is 0 Å². The van der Waals surface area contributed by atoms with Gasteiger partial charge in [0.15, 0.2) is 5.82 Å². The zero-order valence-corrected chi connectivity index (χ0v) is 36.4. The molecule has 12 rings (SSSR count). The topological polar surface area (TPSA) is 25.8 Å². The SMILES string of the molecule is CC1(C)c2cc(-c3ccccc3)ccc2-c2ccc(-c3cccc(-c4cc(-c5cc(-c6ccccc6)cc(-c6cccc7c6sc6ccccc67)c5)nc(-c5ccccc5)n4)c3)cc21. The van der Waals surface area contributed by atoms with E-state index in [1.54, 1.807) is 0 Å². The first-order valence-electron chi connectivity index (χ1n) is 22.0. The summed E-state index contributed by atoms with van der Waals surface area (Å²) in [6, 6.07) is 79.1. The molecule has 0 atom stereocenters. The molecule has 0 saturated carbocycles. The van der Waals surface area contributed by atoms with E-state index in [2.05, 4.69) is 226 Å². The molecule has 0 N–H and O–H groups in total. The van der Waals surface area contributed by atoms with Crippen LogP contribution in [-0.4, -0.2) is 9.97 Å². The van der Waals surface area contributed by atoms with E-state index in [-0.39, 0.29) is 5.41 Å². The molecular formula is C61H42N2S. The van der Waals surface area contributed by atoms with Gasteiger partial charge < -0.3 is 0 Å². The van der Waals surface area contributed by atoms with Gasteiger partial charge in [-0.1, -0.05) is 184 Å². The van der Waals surface area contributed by atoms with Crippen molar-refractivity contribution in [1.29, 1.82) is 0 Å². The van der Waals surface area contributed by atoms with Gasteiger partial charge in [-0.3, -0.25) is 0 Å². The first kappa shape index (κ1) is 38.0. The Morgan fingerprint density at radius 3 is 1.52 bits per heavy atom. The van der Waals surface area contributed by atoms with Crippen molar-refractivity contribution in [2.24, 2.45) is 0 Å². The molecule has 0 aliphatic heterocycles. The van der Waals surface area contributed by atoms with Crippen molar-refractivity contribution in [3.8, 4) is 89.5 Å². The summed E-state index contributed by atoms with van der Waals surface area (Å²) in [5.74, 6) is 0.698. The molecule has 302 valence electrons. The fourth-order valence-electron chi connectivity index (χ4n) is 9.75. The molecule has 1 aliphatic carbocycles. The summed E-state index contributed by atoms with van der Waals surface area (Å²) >= 11 is 1.86. The van der Waals surface area contributed by atoms with Gasteiger partial charge in [0.25, 0.3) is 0 Å². The molecule has 11 aromatic rings. The van der Waals surface area contributed by atoms with E-state index >= 15 is 0 Å². The lowest BCUT2D eigenvalue weighted by molar-refractivity contribution is 0.661. The van der Waals surface area contributed by atoms with E-state index in [0.717, 1.165) is 50.3 Å². The van der Waals surface area contributed by atoms with E-state index in [0.29, 0.717) is 5.82 Å². The molecule has 0 fully saturated rings. The average Bonchev–Trinajstić information content (AvgIpc) is 3.86. The molecule has 0 unspecified atom stereocenters. The lowest BCUT2D eigenvalue weighted by Crippen LogP contribution is -2.15. The standard InChI is InChI=1S/C61H42N2S/c1-61(2)54-36-43(39-16-6-3-7-17-39)28-30-50(54)51-31-29-44(37-55(51)61)42-22-14-23-45(32-42)56-38-57(63-60(62-56)41-20-10-5-11-21-41)48-34-46(40-18-8-4-9-19-40)33-47(35-48)49-25-15-26-53-52-24-12-13-27-58(52)64-59(49)53/h3-38H,1-2H3. The van der Waals surface area contributed by atoms with Gasteiger partial charge in [-0.15, -0.1) is 11.3 Å². The van der Waals surface area contributed by atoms with Crippen molar-refractivity contribution in [2.75, 3.05) is 0 Å². The largest absolute Gasteiger partial charge is 0.228 e. The summed E-state index contributed by atoms with van der Waals surface area (Å²) in [5, 5.41) is 2.58. The van der Waals surface area contributed by atoms with Crippen molar-refractivity contribution in [3.63, 3.8) is 0 Å². The van der Waals surface area contributed by atoms with Gasteiger partial charge >= 0.3 is 0 Å². The summed E-state index contributed by atoms with van der Waals surface area (Å²) in [6.07, 6.45) is 0. The van der Waals surface area contributed by atoms with Gasteiger partial charge in [-0.05, 0) is 115 Å². The van der Waals surface area contributed by atoms with Gasteiger partial charge in [-0.2, -0.15) is 0 Å². The van der Waals surface area contributed by atoms with Crippen molar-refractivity contribution >= 4 is 31.5 Å². The zero-order chi connectivity index (χ0) is 42.8. The smallest absolute Gasteiger partial charge is 0.160 e. The third-order valence-corrected chi connectivity index (χ3v) is 14.3. The molecule has 0 radical (unpaired) electrons.